The van der Waals surface area contributed by atoms with Crippen molar-refractivity contribution in [3.63, 3.8) is 0 Å². The third kappa shape index (κ3) is 8.45. The summed E-state index contributed by atoms with van der Waals surface area (Å²) >= 11 is 0. The average molecular weight is 303 g/mol. The number of carboxylic acid groups (broad SMARTS) is 1. The minimum Gasteiger partial charge on any atom is -0.480 e. The number of hydrogen-bond acceptors (Lipinski definition) is 5. The van der Waals surface area contributed by atoms with Crippen molar-refractivity contribution < 1.29 is 29.0 Å². The van der Waals surface area contributed by atoms with Crippen LogP contribution in [0.4, 0.5) is 4.79 Å². The van der Waals surface area contributed by atoms with Crippen molar-refractivity contribution in [1.82, 2.24) is 10.6 Å². The number of carbonyl (C=O) groups excluding carboxylic acids is 3. The first-order valence-electron chi connectivity index (χ1n) is 6.23. The molecule has 0 fully saturated rings. The zero-order valence-corrected chi connectivity index (χ0v) is 12.4. The second kappa shape index (κ2) is 7.46. The standard InChI is InChI=1S/C12H21N3O6/c1-6(10(18)19)14-9(17)7(5-8(13)16)15-11(20)21-12(2,3)4/h6-7H,5H2,1-4H3,(H2,13,16)(H,14,17)(H,15,20)(H,18,19)/t6-,7-/m0/s1. The van der Waals surface area contributed by atoms with Gasteiger partial charge in [-0.05, 0) is 27.7 Å². The van der Waals surface area contributed by atoms with Gasteiger partial charge in [0, 0.05) is 0 Å². The van der Waals surface area contributed by atoms with Gasteiger partial charge in [0.2, 0.25) is 11.8 Å². The molecule has 0 bridgehead atoms. The largest absolute Gasteiger partial charge is 0.480 e. The van der Waals surface area contributed by atoms with Gasteiger partial charge in [0.25, 0.3) is 0 Å². The smallest absolute Gasteiger partial charge is 0.408 e. The van der Waals surface area contributed by atoms with Gasteiger partial charge in [0.1, 0.15) is 17.7 Å². The van der Waals surface area contributed by atoms with Crippen LogP contribution in [0, 0.1) is 0 Å². The molecule has 0 aromatic rings. The highest BCUT2D eigenvalue weighted by Gasteiger charge is 2.27. The Hall–Kier alpha value is -2.32. The molecule has 0 aromatic carbocycles. The maximum absolute atomic E-state index is 11.8. The summed E-state index contributed by atoms with van der Waals surface area (Å²) in [5.41, 5.74) is 4.21. The summed E-state index contributed by atoms with van der Waals surface area (Å²) in [5.74, 6) is -2.91. The number of primary amides is 1. The van der Waals surface area contributed by atoms with Crippen LogP contribution in [-0.2, 0) is 19.1 Å². The van der Waals surface area contributed by atoms with E-state index in [2.05, 4.69) is 10.6 Å². The lowest BCUT2D eigenvalue weighted by atomic mass is 10.1. The molecule has 9 heteroatoms. The van der Waals surface area contributed by atoms with Crippen molar-refractivity contribution in [3.05, 3.63) is 0 Å². The molecule has 0 aromatic heterocycles. The Bertz CT molecular complexity index is 429. The van der Waals surface area contributed by atoms with E-state index in [1.807, 2.05) is 0 Å². The lowest BCUT2D eigenvalue weighted by Gasteiger charge is -2.23. The number of alkyl carbamates (subject to hydrolysis) is 1. The first kappa shape index (κ1) is 18.7. The van der Waals surface area contributed by atoms with E-state index in [1.165, 1.54) is 6.92 Å². The lowest BCUT2D eigenvalue weighted by molar-refractivity contribution is -0.141. The number of hydrogen-bond donors (Lipinski definition) is 4. The van der Waals surface area contributed by atoms with Gasteiger partial charge in [0.15, 0.2) is 0 Å². The van der Waals surface area contributed by atoms with Crippen molar-refractivity contribution in [2.45, 2.75) is 51.8 Å². The van der Waals surface area contributed by atoms with Crippen molar-refractivity contribution in [3.8, 4) is 0 Å². The van der Waals surface area contributed by atoms with Crippen LogP contribution in [0.25, 0.3) is 0 Å². The number of aliphatic carboxylic acids is 1. The molecular weight excluding hydrogens is 282 g/mol. The topological polar surface area (TPSA) is 148 Å². The molecule has 0 aliphatic rings. The molecule has 2 atom stereocenters. The molecule has 0 unspecified atom stereocenters. The minimum atomic E-state index is -1.31. The van der Waals surface area contributed by atoms with Crippen molar-refractivity contribution in [2.24, 2.45) is 5.73 Å². The SMILES string of the molecule is C[C@H](NC(=O)[C@H](CC(N)=O)NC(=O)OC(C)(C)C)C(=O)O. The Balaban J connectivity index is 4.79. The third-order valence-corrected chi connectivity index (χ3v) is 2.14. The second-order valence-corrected chi connectivity index (χ2v) is 5.44. The number of rotatable bonds is 6. The van der Waals surface area contributed by atoms with Crippen molar-refractivity contribution in [2.75, 3.05) is 0 Å². The van der Waals surface area contributed by atoms with E-state index >= 15 is 0 Å². The Labute approximate surface area is 122 Å². The van der Waals surface area contributed by atoms with Crippen molar-refractivity contribution >= 4 is 23.9 Å². The summed E-state index contributed by atoms with van der Waals surface area (Å²) in [4.78, 5) is 45.0. The van der Waals surface area contributed by atoms with Crippen LogP contribution in [-0.4, -0.2) is 46.7 Å². The van der Waals surface area contributed by atoms with Gasteiger partial charge in [-0.1, -0.05) is 0 Å². The molecule has 0 radical (unpaired) electrons. The molecule has 0 heterocycles. The zero-order valence-electron chi connectivity index (χ0n) is 12.4. The van der Waals surface area contributed by atoms with E-state index in [4.69, 9.17) is 15.6 Å². The van der Waals surface area contributed by atoms with Crippen molar-refractivity contribution in [1.29, 1.82) is 0 Å². The number of carbonyl (C=O) groups is 4. The summed E-state index contributed by atoms with van der Waals surface area (Å²) < 4.78 is 4.95. The van der Waals surface area contributed by atoms with Crippen LogP contribution in [0.15, 0.2) is 0 Å². The van der Waals surface area contributed by atoms with Gasteiger partial charge < -0.3 is 26.2 Å². The summed E-state index contributed by atoms with van der Waals surface area (Å²) in [6.07, 6.45) is -1.39. The zero-order chi connectivity index (χ0) is 16.8. The quantitative estimate of drug-likeness (QED) is 0.512. The third-order valence-electron chi connectivity index (χ3n) is 2.14. The maximum atomic E-state index is 11.8. The van der Waals surface area contributed by atoms with E-state index in [1.54, 1.807) is 20.8 Å². The monoisotopic (exact) mass is 303 g/mol. The van der Waals surface area contributed by atoms with Gasteiger partial charge >= 0.3 is 12.1 Å². The van der Waals surface area contributed by atoms with E-state index < -0.39 is 48.0 Å². The predicted molar refractivity (Wildman–Crippen MR) is 72.2 cm³/mol. The fourth-order valence-corrected chi connectivity index (χ4v) is 1.24. The first-order chi connectivity index (χ1) is 9.42. The first-order valence-corrected chi connectivity index (χ1v) is 6.23. The number of amides is 3. The van der Waals surface area contributed by atoms with E-state index in [-0.39, 0.29) is 0 Å². The number of carboxylic acids is 1. The van der Waals surface area contributed by atoms with Crippen LogP contribution >= 0.6 is 0 Å². The Kier molecular flexibility index (Phi) is 6.64. The minimum absolute atomic E-state index is 0.475. The Morgan fingerprint density at radius 3 is 2.10 bits per heavy atom. The van der Waals surface area contributed by atoms with Crippen LogP contribution in [0.1, 0.15) is 34.1 Å². The van der Waals surface area contributed by atoms with Gasteiger partial charge in [-0.3, -0.25) is 14.4 Å². The molecule has 0 aliphatic carbocycles. The van der Waals surface area contributed by atoms with E-state index in [0.717, 1.165) is 0 Å². The number of nitrogens with two attached hydrogens (primary N) is 1. The molecule has 120 valence electrons. The highest BCUT2D eigenvalue weighted by molar-refractivity contribution is 5.92. The normalized spacial score (nSPS) is 13.7. The van der Waals surface area contributed by atoms with Crippen LogP contribution in [0.2, 0.25) is 0 Å². The summed E-state index contributed by atoms with van der Waals surface area (Å²) in [5, 5.41) is 13.0. The van der Waals surface area contributed by atoms with E-state index in [9.17, 15) is 19.2 Å². The predicted octanol–water partition coefficient (Wildman–Crippen LogP) is -0.656. The van der Waals surface area contributed by atoms with Crippen LogP contribution in [0.5, 0.6) is 0 Å². The van der Waals surface area contributed by atoms with Crippen LogP contribution in [0.3, 0.4) is 0 Å². The summed E-state index contributed by atoms with van der Waals surface area (Å²) in [6.45, 7) is 6.13. The van der Waals surface area contributed by atoms with Gasteiger partial charge in [-0.15, -0.1) is 0 Å². The molecule has 0 saturated carbocycles. The van der Waals surface area contributed by atoms with Gasteiger partial charge in [0.05, 0.1) is 6.42 Å². The van der Waals surface area contributed by atoms with Crippen LogP contribution < -0.4 is 16.4 Å². The average Bonchev–Trinajstić information content (AvgIpc) is 2.24. The number of ether oxygens (including phenoxy) is 1. The molecule has 21 heavy (non-hydrogen) atoms. The highest BCUT2D eigenvalue weighted by Crippen LogP contribution is 2.07. The molecule has 9 nitrogen and oxygen atoms in total. The Morgan fingerprint density at radius 1 is 1.19 bits per heavy atom. The summed E-state index contributed by atoms with van der Waals surface area (Å²) in [7, 11) is 0. The number of nitrogens with one attached hydrogen (secondary N) is 2. The van der Waals surface area contributed by atoms with E-state index in [0.29, 0.717) is 0 Å². The molecule has 0 saturated heterocycles. The molecule has 0 aliphatic heterocycles. The molecule has 0 rings (SSSR count). The molecular formula is C12H21N3O6. The second-order valence-electron chi connectivity index (χ2n) is 5.44. The molecule has 0 spiro atoms. The maximum Gasteiger partial charge on any atom is 0.408 e. The highest BCUT2D eigenvalue weighted by atomic mass is 16.6. The summed E-state index contributed by atoms with van der Waals surface area (Å²) in [6, 6.07) is -2.48. The Morgan fingerprint density at radius 2 is 1.71 bits per heavy atom. The fourth-order valence-electron chi connectivity index (χ4n) is 1.24. The van der Waals surface area contributed by atoms with Gasteiger partial charge in [-0.25, -0.2) is 4.79 Å². The lowest BCUT2D eigenvalue weighted by Crippen LogP contribution is -2.52. The molecule has 3 amide bonds. The molecule has 5 N–H and O–H groups in total. The fraction of sp³-hybridized carbons (Fsp3) is 0.667. The van der Waals surface area contributed by atoms with Gasteiger partial charge in [-0.2, -0.15) is 0 Å².